The third kappa shape index (κ3) is 2.46. The molecule has 2 rings (SSSR count). The van der Waals surface area contributed by atoms with Crippen molar-refractivity contribution in [2.75, 3.05) is 5.73 Å². The molecule has 17 heavy (non-hydrogen) atoms. The molecule has 1 aromatic heterocycles. The molecule has 0 amide bonds. The maximum Gasteiger partial charge on any atom is 0.135 e. The molecule has 0 bridgehead atoms. The van der Waals surface area contributed by atoms with Gasteiger partial charge in [-0.3, -0.25) is 0 Å². The van der Waals surface area contributed by atoms with Crippen molar-refractivity contribution < 1.29 is 0 Å². The standard InChI is InChI=1S/C13H16IN3/c1-3-10-4-6-11(7-5-10)9(2)17-13(15)12(14)8-16-17/h4-9H,3,15H2,1-2H3. The van der Waals surface area contributed by atoms with Gasteiger partial charge in [-0.15, -0.1) is 0 Å². The van der Waals surface area contributed by atoms with Gasteiger partial charge in [0.25, 0.3) is 0 Å². The van der Waals surface area contributed by atoms with Gasteiger partial charge in [0, 0.05) is 0 Å². The first-order valence-electron chi connectivity index (χ1n) is 5.70. The monoisotopic (exact) mass is 341 g/mol. The molecule has 0 aliphatic carbocycles. The van der Waals surface area contributed by atoms with Gasteiger partial charge in [0.15, 0.2) is 0 Å². The fourth-order valence-electron chi connectivity index (χ4n) is 1.83. The van der Waals surface area contributed by atoms with E-state index in [1.807, 2.05) is 4.68 Å². The molecule has 2 aromatic rings. The van der Waals surface area contributed by atoms with Crippen LogP contribution in [0.3, 0.4) is 0 Å². The number of benzene rings is 1. The van der Waals surface area contributed by atoms with E-state index in [9.17, 15) is 0 Å². The van der Waals surface area contributed by atoms with Crippen molar-refractivity contribution in [3.05, 3.63) is 45.2 Å². The largest absolute Gasteiger partial charge is 0.383 e. The molecule has 0 saturated carbocycles. The number of aryl methyl sites for hydroxylation is 1. The van der Waals surface area contributed by atoms with Crippen LogP contribution in [0.15, 0.2) is 30.5 Å². The fourth-order valence-corrected chi connectivity index (χ4v) is 2.20. The van der Waals surface area contributed by atoms with Crippen LogP contribution >= 0.6 is 22.6 Å². The summed E-state index contributed by atoms with van der Waals surface area (Å²) < 4.78 is 2.86. The van der Waals surface area contributed by atoms with Gasteiger partial charge in [0.2, 0.25) is 0 Å². The Morgan fingerprint density at radius 2 is 2.00 bits per heavy atom. The van der Waals surface area contributed by atoms with Gasteiger partial charge in [0.05, 0.1) is 15.8 Å². The van der Waals surface area contributed by atoms with Crippen LogP contribution in [0.5, 0.6) is 0 Å². The van der Waals surface area contributed by atoms with Crippen molar-refractivity contribution in [2.24, 2.45) is 0 Å². The van der Waals surface area contributed by atoms with Crippen molar-refractivity contribution in [3.8, 4) is 0 Å². The average Bonchev–Trinajstić information content (AvgIpc) is 2.69. The molecule has 1 aromatic carbocycles. The topological polar surface area (TPSA) is 43.8 Å². The van der Waals surface area contributed by atoms with Crippen LogP contribution in [0, 0.1) is 3.57 Å². The quantitative estimate of drug-likeness (QED) is 0.871. The van der Waals surface area contributed by atoms with Gasteiger partial charge in [-0.25, -0.2) is 4.68 Å². The van der Waals surface area contributed by atoms with Crippen LogP contribution in [0.2, 0.25) is 0 Å². The number of aromatic nitrogens is 2. The Labute approximate surface area is 115 Å². The highest BCUT2D eigenvalue weighted by molar-refractivity contribution is 14.1. The Hall–Kier alpha value is -1.04. The van der Waals surface area contributed by atoms with Crippen LogP contribution in [0.25, 0.3) is 0 Å². The third-order valence-corrected chi connectivity index (χ3v) is 3.86. The van der Waals surface area contributed by atoms with E-state index in [0.29, 0.717) is 0 Å². The predicted molar refractivity (Wildman–Crippen MR) is 79.0 cm³/mol. The summed E-state index contributed by atoms with van der Waals surface area (Å²) in [4.78, 5) is 0. The second kappa shape index (κ2) is 5.08. The molecule has 0 radical (unpaired) electrons. The number of anilines is 1. The highest BCUT2D eigenvalue weighted by Crippen LogP contribution is 2.23. The fraction of sp³-hybridized carbons (Fsp3) is 0.308. The second-order valence-corrected chi connectivity index (χ2v) is 5.26. The number of nitrogen functional groups attached to an aromatic ring is 1. The number of hydrogen-bond acceptors (Lipinski definition) is 2. The molecule has 1 atom stereocenters. The smallest absolute Gasteiger partial charge is 0.135 e. The van der Waals surface area contributed by atoms with Crippen molar-refractivity contribution in [1.82, 2.24) is 9.78 Å². The second-order valence-electron chi connectivity index (χ2n) is 4.09. The zero-order valence-corrected chi connectivity index (χ0v) is 12.2. The maximum atomic E-state index is 5.99. The first kappa shape index (κ1) is 12.4. The summed E-state index contributed by atoms with van der Waals surface area (Å²) >= 11 is 2.20. The van der Waals surface area contributed by atoms with Crippen molar-refractivity contribution >= 4 is 28.4 Å². The number of nitrogens with zero attached hydrogens (tertiary/aromatic N) is 2. The summed E-state index contributed by atoms with van der Waals surface area (Å²) in [7, 11) is 0. The van der Waals surface area contributed by atoms with Gasteiger partial charge >= 0.3 is 0 Å². The molecular weight excluding hydrogens is 325 g/mol. The first-order chi connectivity index (χ1) is 8.13. The van der Waals surface area contributed by atoms with E-state index >= 15 is 0 Å². The van der Waals surface area contributed by atoms with Gasteiger partial charge in [-0.1, -0.05) is 31.2 Å². The van der Waals surface area contributed by atoms with Crippen LogP contribution < -0.4 is 5.73 Å². The van der Waals surface area contributed by atoms with Gasteiger partial charge in [-0.05, 0) is 47.1 Å². The minimum absolute atomic E-state index is 0.171. The molecule has 3 nitrogen and oxygen atoms in total. The van der Waals surface area contributed by atoms with Crippen LogP contribution in [-0.2, 0) is 6.42 Å². The third-order valence-electron chi connectivity index (χ3n) is 3.02. The highest BCUT2D eigenvalue weighted by Gasteiger charge is 2.13. The SMILES string of the molecule is CCc1ccc(C(C)n2ncc(I)c2N)cc1. The maximum absolute atomic E-state index is 5.99. The van der Waals surface area contributed by atoms with Gasteiger partial charge in [-0.2, -0.15) is 5.10 Å². The van der Waals surface area contributed by atoms with Crippen molar-refractivity contribution in [2.45, 2.75) is 26.3 Å². The lowest BCUT2D eigenvalue weighted by molar-refractivity contribution is 0.573. The zero-order valence-electron chi connectivity index (χ0n) is 10.0. The van der Waals surface area contributed by atoms with Crippen molar-refractivity contribution in [1.29, 1.82) is 0 Å². The minimum atomic E-state index is 0.171. The molecule has 2 N–H and O–H groups in total. The lowest BCUT2D eigenvalue weighted by atomic mass is 10.1. The first-order valence-corrected chi connectivity index (χ1v) is 6.78. The molecule has 4 heteroatoms. The number of hydrogen-bond donors (Lipinski definition) is 1. The van der Waals surface area contributed by atoms with E-state index in [-0.39, 0.29) is 6.04 Å². The number of halogens is 1. The lowest BCUT2D eigenvalue weighted by Crippen LogP contribution is -2.11. The van der Waals surface area contributed by atoms with E-state index in [2.05, 4.69) is 65.8 Å². The van der Waals surface area contributed by atoms with E-state index in [0.717, 1.165) is 15.8 Å². The summed E-state index contributed by atoms with van der Waals surface area (Å²) in [5.74, 6) is 0.734. The molecule has 0 aliphatic heterocycles. The predicted octanol–water partition coefficient (Wildman–Crippen LogP) is 3.24. The van der Waals surface area contributed by atoms with Crippen LogP contribution in [-0.4, -0.2) is 9.78 Å². The zero-order chi connectivity index (χ0) is 12.4. The molecule has 0 spiro atoms. The van der Waals surface area contributed by atoms with Crippen molar-refractivity contribution in [3.63, 3.8) is 0 Å². The normalized spacial score (nSPS) is 12.6. The molecule has 1 unspecified atom stereocenters. The minimum Gasteiger partial charge on any atom is -0.383 e. The van der Waals surface area contributed by atoms with E-state index in [1.54, 1.807) is 6.20 Å². The van der Waals surface area contributed by atoms with Crippen LogP contribution in [0.4, 0.5) is 5.82 Å². The Kier molecular flexibility index (Phi) is 3.71. The Bertz CT molecular complexity index is 502. The number of rotatable bonds is 3. The number of nitrogens with two attached hydrogens (primary N) is 1. The summed E-state index contributed by atoms with van der Waals surface area (Å²) in [5.41, 5.74) is 8.57. The molecule has 0 aliphatic rings. The summed E-state index contributed by atoms with van der Waals surface area (Å²) in [6.07, 6.45) is 2.86. The molecule has 1 heterocycles. The summed E-state index contributed by atoms with van der Waals surface area (Å²) in [6, 6.07) is 8.80. The summed E-state index contributed by atoms with van der Waals surface area (Å²) in [5, 5.41) is 4.32. The van der Waals surface area contributed by atoms with Gasteiger partial charge < -0.3 is 5.73 Å². The Balaban J connectivity index is 2.30. The van der Waals surface area contributed by atoms with Gasteiger partial charge in [0.1, 0.15) is 5.82 Å². The highest BCUT2D eigenvalue weighted by atomic mass is 127. The van der Waals surface area contributed by atoms with Crippen LogP contribution in [0.1, 0.15) is 31.0 Å². The molecule has 90 valence electrons. The average molecular weight is 341 g/mol. The van der Waals surface area contributed by atoms with E-state index < -0.39 is 0 Å². The Morgan fingerprint density at radius 1 is 1.35 bits per heavy atom. The van der Waals surface area contributed by atoms with E-state index in [1.165, 1.54) is 11.1 Å². The molecular formula is C13H16IN3. The lowest BCUT2D eigenvalue weighted by Gasteiger charge is -2.14. The summed E-state index contributed by atoms with van der Waals surface area (Å²) in [6.45, 7) is 4.27. The molecule has 0 fully saturated rings. The Morgan fingerprint density at radius 3 is 2.47 bits per heavy atom. The molecule has 0 saturated heterocycles. The van der Waals surface area contributed by atoms with E-state index in [4.69, 9.17) is 5.73 Å².